The summed E-state index contributed by atoms with van der Waals surface area (Å²) in [6, 6.07) is 19.8. The van der Waals surface area contributed by atoms with Crippen LogP contribution < -0.4 is 24.3 Å². The smallest absolute Gasteiger partial charge is 0.412 e. The summed E-state index contributed by atoms with van der Waals surface area (Å²) in [7, 11) is 0. The standard InChI is InChI=1S/C48H58ClN3O11/c1-3-23-60-48-43(52(47(56)57-24-20-49)29-33-16-18-41-42(25-33)59-31-58-41)28-39(51-61-30-32-12-6-5-7-13-32)37-26-34(14-8-10-21-53)36(15-9-11-22-54)44(45(37)48)38-27-35(17-19-40(38)63-48)62-46(55)50-4-2/h3,5-7,12-13,16-19,25-27,34,36,43-45,53-54H,1,4,8-11,14-15,20-24,28-31H2,2H3,(H,50,55). The van der Waals surface area contributed by atoms with Gasteiger partial charge in [0.05, 0.1) is 24.1 Å². The van der Waals surface area contributed by atoms with Gasteiger partial charge in [0.25, 0.3) is 0 Å². The van der Waals surface area contributed by atoms with Crippen molar-refractivity contribution in [1.29, 1.82) is 0 Å². The van der Waals surface area contributed by atoms with Gasteiger partial charge < -0.3 is 48.8 Å². The molecule has 3 N–H and O–H groups in total. The number of unbranched alkanes of at least 4 members (excludes halogenated alkanes) is 2. The molecule has 7 rings (SSSR count). The molecule has 0 aromatic heterocycles. The van der Waals surface area contributed by atoms with Gasteiger partial charge in [0.15, 0.2) is 11.5 Å². The number of alkyl halides is 1. The van der Waals surface area contributed by atoms with Crippen molar-refractivity contribution in [2.75, 3.05) is 45.6 Å². The number of rotatable bonds is 21. The number of nitrogens with zero attached hydrogens (tertiary/aromatic N) is 2. The molecule has 14 nitrogen and oxygen atoms in total. The topological polar surface area (TPSA) is 167 Å². The van der Waals surface area contributed by atoms with E-state index in [0.29, 0.717) is 48.1 Å². The Balaban J connectivity index is 1.45. The maximum absolute atomic E-state index is 14.6. The fourth-order valence-corrected chi connectivity index (χ4v) is 9.58. The molecule has 2 aliphatic heterocycles. The van der Waals surface area contributed by atoms with E-state index in [2.05, 4.69) is 18.0 Å². The lowest BCUT2D eigenvalue weighted by Gasteiger charge is -2.59. The molecule has 0 bridgehead atoms. The first-order valence-corrected chi connectivity index (χ1v) is 22.4. The highest BCUT2D eigenvalue weighted by Gasteiger charge is 2.65. The summed E-state index contributed by atoms with van der Waals surface area (Å²) in [6.07, 6.45) is 7.11. The summed E-state index contributed by atoms with van der Waals surface area (Å²) in [6.45, 7) is 6.74. The van der Waals surface area contributed by atoms with Gasteiger partial charge in [-0.25, -0.2) is 9.59 Å². The highest BCUT2D eigenvalue weighted by Crippen LogP contribution is 2.62. The number of fused-ring (bicyclic) bond motifs is 3. The van der Waals surface area contributed by atoms with Crippen LogP contribution in [0.25, 0.3) is 0 Å². The summed E-state index contributed by atoms with van der Waals surface area (Å²) < 4.78 is 37.4. The number of carbonyl (C=O) groups excluding carboxylic acids is 2. The van der Waals surface area contributed by atoms with Gasteiger partial charge in [0.1, 0.15) is 30.8 Å². The molecule has 0 radical (unpaired) electrons. The van der Waals surface area contributed by atoms with Crippen molar-refractivity contribution in [3.05, 3.63) is 108 Å². The van der Waals surface area contributed by atoms with E-state index in [1.54, 1.807) is 23.1 Å². The largest absolute Gasteiger partial charge is 0.459 e. The number of hydrogen-bond acceptors (Lipinski definition) is 12. The second-order valence-electron chi connectivity index (χ2n) is 16.1. The van der Waals surface area contributed by atoms with Gasteiger partial charge in [-0.05, 0) is 91.5 Å². The van der Waals surface area contributed by atoms with Crippen LogP contribution in [-0.4, -0.2) is 90.5 Å². The van der Waals surface area contributed by atoms with E-state index >= 15 is 0 Å². The van der Waals surface area contributed by atoms with Gasteiger partial charge in [0, 0.05) is 44.2 Å². The Bertz CT molecular complexity index is 2100. The van der Waals surface area contributed by atoms with Gasteiger partial charge in [-0.1, -0.05) is 66.5 Å². The molecule has 2 heterocycles. The highest BCUT2D eigenvalue weighted by atomic mass is 35.5. The van der Waals surface area contributed by atoms with Crippen LogP contribution in [0.3, 0.4) is 0 Å². The first-order chi connectivity index (χ1) is 30.8. The van der Waals surface area contributed by atoms with E-state index in [1.807, 2.05) is 61.5 Å². The lowest BCUT2D eigenvalue weighted by molar-refractivity contribution is -0.256. The van der Waals surface area contributed by atoms with E-state index in [0.717, 1.165) is 47.9 Å². The predicted molar refractivity (Wildman–Crippen MR) is 236 cm³/mol. The van der Waals surface area contributed by atoms with Crippen molar-refractivity contribution in [2.45, 2.75) is 82.8 Å². The molecule has 0 saturated heterocycles. The molecular formula is C48H58ClN3O11. The first-order valence-electron chi connectivity index (χ1n) is 21.9. The van der Waals surface area contributed by atoms with Crippen molar-refractivity contribution >= 4 is 29.5 Å². The number of nitrogens with one attached hydrogen (secondary N) is 1. The van der Waals surface area contributed by atoms with Crippen LogP contribution in [0.15, 0.2) is 96.2 Å². The molecule has 338 valence electrons. The molecule has 4 aliphatic rings. The maximum Gasteiger partial charge on any atom is 0.412 e. The molecule has 2 amide bonds. The zero-order valence-corrected chi connectivity index (χ0v) is 36.5. The molecule has 1 saturated carbocycles. The number of aliphatic hydroxyl groups excluding tert-OH is 2. The summed E-state index contributed by atoms with van der Waals surface area (Å²) in [5, 5.41) is 27.5. The summed E-state index contributed by atoms with van der Waals surface area (Å²) in [5.41, 5.74) is 3.97. The fourth-order valence-electron chi connectivity index (χ4n) is 9.51. The van der Waals surface area contributed by atoms with Crippen molar-refractivity contribution in [1.82, 2.24) is 10.2 Å². The van der Waals surface area contributed by atoms with Crippen LogP contribution in [0, 0.1) is 17.8 Å². The molecule has 63 heavy (non-hydrogen) atoms. The Hall–Kier alpha value is -5.28. The quantitative estimate of drug-likeness (QED) is 0.0408. The zero-order chi connectivity index (χ0) is 44.2. The second kappa shape index (κ2) is 21.9. The highest BCUT2D eigenvalue weighted by molar-refractivity contribution is 6.18. The zero-order valence-electron chi connectivity index (χ0n) is 35.8. The fraction of sp³-hybridized carbons (Fsp3) is 0.479. The molecule has 15 heteroatoms. The van der Waals surface area contributed by atoms with Gasteiger partial charge in [-0.3, -0.25) is 4.90 Å². The number of ether oxygens (including phenoxy) is 6. The van der Waals surface area contributed by atoms with Crippen LogP contribution >= 0.6 is 11.6 Å². The number of allylic oxidation sites excluding steroid dienone is 1. The Morgan fingerprint density at radius 1 is 0.984 bits per heavy atom. The lowest BCUT2D eigenvalue weighted by atomic mass is 9.55. The molecule has 2 aliphatic carbocycles. The maximum atomic E-state index is 14.6. The van der Waals surface area contributed by atoms with Crippen molar-refractivity contribution in [2.24, 2.45) is 22.9 Å². The number of halogens is 1. The third kappa shape index (κ3) is 10.4. The van der Waals surface area contributed by atoms with E-state index in [-0.39, 0.29) is 76.4 Å². The molecule has 0 spiro atoms. The average molecular weight is 888 g/mol. The molecule has 6 atom stereocenters. The second-order valence-corrected chi connectivity index (χ2v) is 16.4. The summed E-state index contributed by atoms with van der Waals surface area (Å²) in [4.78, 5) is 35.3. The van der Waals surface area contributed by atoms with Crippen LogP contribution in [-0.2, 0) is 27.5 Å². The summed E-state index contributed by atoms with van der Waals surface area (Å²) >= 11 is 6.11. The van der Waals surface area contributed by atoms with E-state index in [9.17, 15) is 19.8 Å². The number of hydrogen-bond donors (Lipinski definition) is 3. The van der Waals surface area contributed by atoms with Gasteiger partial charge in [-0.2, -0.15) is 0 Å². The molecular weight excluding hydrogens is 830 g/mol. The third-order valence-electron chi connectivity index (χ3n) is 12.1. The Morgan fingerprint density at radius 3 is 2.52 bits per heavy atom. The number of oxime groups is 1. The van der Waals surface area contributed by atoms with Crippen molar-refractivity contribution < 1.29 is 53.1 Å². The predicted octanol–water partition coefficient (Wildman–Crippen LogP) is 8.24. The van der Waals surface area contributed by atoms with Gasteiger partial charge >= 0.3 is 12.2 Å². The normalized spacial score (nSPS) is 23.4. The van der Waals surface area contributed by atoms with Crippen molar-refractivity contribution in [3.8, 4) is 23.0 Å². The third-order valence-corrected chi connectivity index (χ3v) is 12.3. The Kier molecular flexibility index (Phi) is 15.9. The van der Waals surface area contributed by atoms with E-state index in [1.165, 1.54) is 0 Å². The number of carbonyl (C=O) groups is 2. The van der Waals surface area contributed by atoms with E-state index in [4.69, 9.17) is 50.0 Å². The number of aliphatic hydroxyl groups is 2. The molecule has 3 aromatic rings. The molecule has 1 fully saturated rings. The first kappa shape index (κ1) is 45.7. The van der Waals surface area contributed by atoms with Gasteiger partial charge in [0.2, 0.25) is 12.6 Å². The van der Waals surface area contributed by atoms with Crippen LogP contribution in [0.5, 0.6) is 23.0 Å². The SMILES string of the molecule is C=CCOC12Oc3ccc(OC(=O)NCC)cc3C3C(CCCCO)C(CCCCO)C=C(C(=NOCc4ccccc4)CC1N(Cc1ccc4c(c1)OCO4)C(=O)OCCCl)C32. The lowest BCUT2D eigenvalue weighted by Crippen LogP contribution is -2.70. The minimum absolute atomic E-state index is 0.00296. The van der Waals surface area contributed by atoms with Crippen LogP contribution in [0.2, 0.25) is 0 Å². The van der Waals surface area contributed by atoms with Gasteiger partial charge in [-0.15, -0.1) is 18.2 Å². The Morgan fingerprint density at radius 2 is 1.76 bits per heavy atom. The van der Waals surface area contributed by atoms with Crippen molar-refractivity contribution in [3.63, 3.8) is 0 Å². The minimum Gasteiger partial charge on any atom is -0.459 e. The Labute approximate surface area is 373 Å². The van der Waals surface area contributed by atoms with Crippen LogP contribution in [0.4, 0.5) is 9.59 Å². The number of benzene rings is 3. The molecule has 6 unspecified atom stereocenters. The minimum atomic E-state index is -1.56. The summed E-state index contributed by atoms with van der Waals surface area (Å²) in [5.74, 6) is -0.457. The average Bonchev–Trinajstić information content (AvgIpc) is 3.77. The number of amides is 2. The van der Waals surface area contributed by atoms with Crippen LogP contribution in [0.1, 0.15) is 74.5 Å². The van der Waals surface area contributed by atoms with E-state index < -0.39 is 29.9 Å². The monoisotopic (exact) mass is 887 g/mol. The molecule has 3 aromatic carbocycles.